The number of aryl methyl sites for hydroxylation is 1. The average molecular weight is 293 g/mol. The van der Waals surface area contributed by atoms with E-state index in [9.17, 15) is 14.4 Å². The fraction of sp³-hybridized carbons (Fsp3) is 0.357. The number of amides is 3. The maximum atomic E-state index is 11.6. The van der Waals surface area contributed by atoms with E-state index in [4.69, 9.17) is 5.11 Å². The van der Waals surface area contributed by atoms with Crippen LogP contribution in [0.5, 0.6) is 0 Å². The summed E-state index contributed by atoms with van der Waals surface area (Å²) in [5, 5.41) is 16.2. The van der Waals surface area contributed by atoms with Gasteiger partial charge < -0.3 is 21.1 Å². The maximum Gasteiger partial charge on any atom is 0.319 e. The van der Waals surface area contributed by atoms with Gasteiger partial charge in [-0.3, -0.25) is 9.59 Å². The van der Waals surface area contributed by atoms with Crippen LogP contribution in [0.1, 0.15) is 18.4 Å². The molecule has 0 bridgehead atoms. The fourth-order valence-electron chi connectivity index (χ4n) is 1.60. The molecule has 1 aromatic carbocycles. The minimum Gasteiger partial charge on any atom is -0.481 e. The molecular weight excluding hydrogens is 274 g/mol. The highest BCUT2D eigenvalue weighted by molar-refractivity contribution is 5.89. The van der Waals surface area contributed by atoms with Crippen LogP contribution >= 0.6 is 0 Å². The van der Waals surface area contributed by atoms with Crippen molar-refractivity contribution in [3.8, 4) is 0 Å². The highest BCUT2D eigenvalue weighted by atomic mass is 16.4. The summed E-state index contributed by atoms with van der Waals surface area (Å²) in [4.78, 5) is 33.0. The number of carbonyl (C=O) groups is 3. The minimum atomic E-state index is -0.840. The Hall–Kier alpha value is -2.57. The second-order valence-corrected chi connectivity index (χ2v) is 4.39. The van der Waals surface area contributed by atoms with Crippen LogP contribution in [0.3, 0.4) is 0 Å². The molecule has 0 atom stereocenters. The van der Waals surface area contributed by atoms with Gasteiger partial charge in [0, 0.05) is 32.1 Å². The molecule has 0 fully saturated rings. The standard InChI is InChI=1S/C14H19N3O4/c1-15-12(18)8-9-16-14(21)17-11-5-2-10(3-6-11)4-7-13(19)20/h2-3,5-6H,4,7-9H2,1H3,(H,15,18)(H,19,20)(H2,16,17,21). The van der Waals surface area contributed by atoms with E-state index in [0.717, 1.165) is 5.56 Å². The Morgan fingerprint density at radius 1 is 1.10 bits per heavy atom. The zero-order valence-corrected chi connectivity index (χ0v) is 11.8. The third kappa shape index (κ3) is 6.95. The number of carboxylic acids is 1. The lowest BCUT2D eigenvalue weighted by Crippen LogP contribution is -2.32. The number of carboxylic acid groups (broad SMARTS) is 1. The van der Waals surface area contributed by atoms with E-state index in [2.05, 4.69) is 16.0 Å². The highest BCUT2D eigenvalue weighted by Crippen LogP contribution is 2.10. The Kier molecular flexibility index (Phi) is 6.73. The zero-order valence-electron chi connectivity index (χ0n) is 11.8. The van der Waals surface area contributed by atoms with Crippen LogP contribution in [0.15, 0.2) is 24.3 Å². The molecule has 0 saturated carbocycles. The topological polar surface area (TPSA) is 108 Å². The lowest BCUT2D eigenvalue weighted by Gasteiger charge is -2.08. The largest absolute Gasteiger partial charge is 0.481 e. The van der Waals surface area contributed by atoms with Gasteiger partial charge in [0.25, 0.3) is 0 Å². The van der Waals surface area contributed by atoms with Gasteiger partial charge in [-0.15, -0.1) is 0 Å². The van der Waals surface area contributed by atoms with Gasteiger partial charge in [0.2, 0.25) is 5.91 Å². The third-order valence-electron chi connectivity index (χ3n) is 2.76. The molecule has 0 aliphatic heterocycles. The number of rotatable bonds is 7. The first-order valence-corrected chi connectivity index (χ1v) is 6.57. The second-order valence-electron chi connectivity index (χ2n) is 4.39. The van der Waals surface area contributed by atoms with Gasteiger partial charge in [-0.05, 0) is 24.1 Å². The zero-order chi connectivity index (χ0) is 15.7. The molecule has 3 amide bonds. The van der Waals surface area contributed by atoms with E-state index in [1.165, 1.54) is 7.05 Å². The summed E-state index contributed by atoms with van der Waals surface area (Å²) in [6.45, 7) is 0.252. The van der Waals surface area contributed by atoms with Crippen LogP contribution in [0, 0.1) is 0 Å². The predicted octanol–water partition coefficient (Wildman–Crippen LogP) is 0.961. The summed E-state index contributed by atoms with van der Waals surface area (Å²) in [5.74, 6) is -0.981. The summed E-state index contributed by atoms with van der Waals surface area (Å²) < 4.78 is 0. The van der Waals surface area contributed by atoms with Crippen LogP contribution in [0.2, 0.25) is 0 Å². The number of anilines is 1. The van der Waals surface area contributed by atoms with Crippen molar-refractivity contribution in [3.05, 3.63) is 29.8 Å². The lowest BCUT2D eigenvalue weighted by atomic mass is 10.1. The van der Waals surface area contributed by atoms with Crippen LogP contribution in [0.4, 0.5) is 10.5 Å². The quantitative estimate of drug-likeness (QED) is 0.600. The smallest absolute Gasteiger partial charge is 0.319 e. The molecule has 1 rings (SSSR count). The van der Waals surface area contributed by atoms with Crippen molar-refractivity contribution in [2.45, 2.75) is 19.3 Å². The summed E-state index contributed by atoms with van der Waals surface area (Å²) in [5.41, 5.74) is 1.49. The van der Waals surface area contributed by atoms with Gasteiger partial charge in [-0.2, -0.15) is 0 Å². The molecule has 0 spiro atoms. The van der Waals surface area contributed by atoms with Crippen molar-refractivity contribution >= 4 is 23.6 Å². The van der Waals surface area contributed by atoms with E-state index in [1.54, 1.807) is 24.3 Å². The van der Waals surface area contributed by atoms with E-state index in [1.807, 2.05) is 0 Å². The maximum absolute atomic E-state index is 11.6. The van der Waals surface area contributed by atoms with Crippen molar-refractivity contribution < 1.29 is 19.5 Å². The Morgan fingerprint density at radius 3 is 2.33 bits per heavy atom. The SMILES string of the molecule is CNC(=O)CCNC(=O)Nc1ccc(CCC(=O)O)cc1. The number of nitrogens with one attached hydrogen (secondary N) is 3. The second kappa shape index (κ2) is 8.57. The molecule has 7 heteroatoms. The highest BCUT2D eigenvalue weighted by Gasteiger charge is 2.04. The molecule has 1 aromatic rings. The first kappa shape index (κ1) is 16.5. The Bertz CT molecular complexity index is 499. The summed E-state index contributed by atoms with van der Waals surface area (Å²) in [7, 11) is 1.54. The molecule has 0 saturated heterocycles. The molecule has 0 radical (unpaired) electrons. The number of carbonyl (C=O) groups excluding carboxylic acids is 2. The number of urea groups is 1. The van der Waals surface area contributed by atoms with E-state index in [-0.39, 0.29) is 25.3 Å². The van der Waals surface area contributed by atoms with Gasteiger partial charge >= 0.3 is 12.0 Å². The Labute approximate surface area is 122 Å². The molecule has 4 N–H and O–H groups in total. The van der Waals surface area contributed by atoms with E-state index in [0.29, 0.717) is 12.1 Å². The first-order valence-electron chi connectivity index (χ1n) is 6.57. The molecule has 0 unspecified atom stereocenters. The van der Waals surface area contributed by atoms with Crippen LogP contribution in [-0.2, 0) is 16.0 Å². The van der Waals surface area contributed by atoms with Crippen molar-refractivity contribution in [1.29, 1.82) is 0 Å². The van der Waals surface area contributed by atoms with Crippen molar-refractivity contribution in [2.75, 3.05) is 18.9 Å². The Balaban J connectivity index is 2.35. The molecule has 114 valence electrons. The minimum absolute atomic E-state index is 0.0761. The van der Waals surface area contributed by atoms with Gasteiger partial charge in [-0.25, -0.2) is 4.79 Å². The van der Waals surface area contributed by atoms with Crippen LogP contribution in [-0.4, -0.2) is 36.6 Å². The van der Waals surface area contributed by atoms with Crippen molar-refractivity contribution in [2.24, 2.45) is 0 Å². The molecule has 7 nitrogen and oxygen atoms in total. The molecule has 0 aliphatic carbocycles. The van der Waals surface area contributed by atoms with Crippen LogP contribution in [0.25, 0.3) is 0 Å². The van der Waals surface area contributed by atoms with Crippen molar-refractivity contribution in [3.63, 3.8) is 0 Å². The van der Waals surface area contributed by atoms with Gasteiger partial charge in [-0.1, -0.05) is 12.1 Å². The first-order chi connectivity index (χ1) is 10.0. The lowest BCUT2D eigenvalue weighted by molar-refractivity contribution is -0.137. The number of hydrogen-bond acceptors (Lipinski definition) is 3. The predicted molar refractivity (Wildman–Crippen MR) is 78.1 cm³/mol. The number of aliphatic carboxylic acids is 1. The van der Waals surface area contributed by atoms with Crippen LogP contribution < -0.4 is 16.0 Å². The van der Waals surface area contributed by atoms with Gasteiger partial charge in [0.15, 0.2) is 0 Å². The number of benzene rings is 1. The fourth-order valence-corrected chi connectivity index (χ4v) is 1.60. The number of hydrogen-bond donors (Lipinski definition) is 4. The van der Waals surface area contributed by atoms with Crippen molar-refractivity contribution in [1.82, 2.24) is 10.6 Å². The summed E-state index contributed by atoms with van der Waals surface area (Å²) >= 11 is 0. The summed E-state index contributed by atoms with van der Waals surface area (Å²) in [6.07, 6.45) is 0.749. The molecule has 0 heterocycles. The molecular formula is C14H19N3O4. The van der Waals surface area contributed by atoms with E-state index >= 15 is 0 Å². The molecule has 21 heavy (non-hydrogen) atoms. The molecule has 0 aliphatic rings. The van der Waals surface area contributed by atoms with Gasteiger partial charge in [0.05, 0.1) is 0 Å². The van der Waals surface area contributed by atoms with E-state index < -0.39 is 12.0 Å². The Morgan fingerprint density at radius 2 is 1.76 bits per heavy atom. The third-order valence-corrected chi connectivity index (χ3v) is 2.76. The normalized spacial score (nSPS) is 9.76. The molecule has 0 aromatic heterocycles. The average Bonchev–Trinajstić information content (AvgIpc) is 2.46. The van der Waals surface area contributed by atoms with Gasteiger partial charge in [0.1, 0.15) is 0 Å². The monoisotopic (exact) mass is 293 g/mol. The summed E-state index contributed by atoms with van der Waals surface area (Å²) in [6, 6.07) is 6.55.